The number of hydrogen-bond donors (Lipinski definition) is 0. The Morgan fingerprint density at radius 2 is 2.58 bits per heavy atom. The van der Waals surface area contributed by atoms with Gasteiger partial charge in [-0.1, -0.05) is 25.8 Å². The van der Waals surface area contributed by atoms with E-state index in [-0.39, 0.29) is 0 Å². The average Bonchev–Trinajstić information content (AvgIpc) is 2.50. The van der Waals surface area contributed by atoms with Crippen molar-refractivity contribution < 1.29 is 4.74 Å². The Kier molecular flexibility index (Phi) is 3.85. The predicted octanol–water partition coefficient (Wildman–Crippen LogP) is 2.55. The molecule has 1 atom stereocenters. The predicted molar refractivity (Wildman–Crippen MR) is 51.5 cm³/mol. The summed E-state index contributed by atoms with van der Waals surface area (Å²) in [6.45, 7) is 6.63. The summed E-state index contributed by atoms with van der Waals surface area (Å²) in [6, 6.07) is 0.417. The zero-order chi connectivity index (χ0) is 8.81. The first-order valence-corrected chi connectivity index (χ1v) is 4.67. The van der Waals surface area contributed by atoms with E-state index in [0.717, 1.165) is 25.3 Å². The van der Waals surface area contributed by atoms with Crippen molar-refractivity contribution in [3.8, 4) is 0 Å². The van der Waals surface area contributed by atoms with E-state index in [9.17, 15) is 0 Å². The molecule has 0 aromatic rings. The summed E-state index contributed by atoms with van der Waals surface area (Å²) in [5.74, 6) is 0.867. The van der Waals surface area contributed by atoms with Crippen molar-refractivity contribution in [3.05, 3.63) is 12.7 Å². The molecule has 0 aromatic carbocycles. The maximum absolute atomic E-state index is 5.38. The van der Waals surface area contributed by atoms with Crippen LogP contribution in [0.1, 0.15) is 32.6 Å². The minimum absolute atomic E-state index is 0.417. The lowest BCUT2D eigenvalue weighted by molar-refractivity contribution is 0.305. The Balaban J connectivity index is 2.26. The molecule has 2 nitrogen and oxygen atoms in total. The molecular formula is C10H17NO. The first-order valence-electron chi connectivity index (χ1n) is 4.67. The van der Waals surface area contributed by atoms with Crippen LogP contribution in [0.4, 0.5) is 0 Å². The van der Waals surface area contributed by atoms with Crippen LogP contribution in [0.3, 0.4) is 0 Å². The number of nitrogens with zero attached hydrogens (tertiary/aromatic N) is 1. The highest BCUT2D eigenvalue weighted by Crippen LogP contribution is 2.13. The van der Waals surface area contributed by atoms with Crippen LogP contribution in [0.15, 0.2) is 17.6 Å². The topological polar surface area (TPSA) is 21.6 Å². The van der Waals surface area contributed by atoms with Crippen molar-refractivity contribution >= 4 is 5.90 Å². The van der Waals surface area contributed by atoms with E-state index in [1.165, 1.54) is 12.8 Å². The van der Waals surface area contributed by atoms with Gasteiger partial charge in [0, 0.05) is 6.42 Å². The fourth-order valence-corrected chi connectivity index (χ4v) is 1.29. The Labute approximate surface area is 74.3 Å². The first kappa shape index (κ1) is 9.30. The number of rotatable bonds is 5. The molecule has 1 heterocycles. The van der Waals surface area contributed by atoms with Gasteiger partial charge in [-0.3, -0.25) is 0 Å². The lowest BCUT2D eigenvalue weighted by Crippen LogP contribution is -2.05. The first-order chi connectivity index (χ1) is 5.86. The third kappa shape index (κ3) is 2.68. The maximum Gasteiger partial charge on any atom is 0.187 e. The van der Waals surface area contributed by atoms with E-state index >= 15 is 0 Å². The third-order valence-corrected chi connectivity index (χ3v) is 1.98. The smallest absolute Gasteiger partial charge is 0.187 e. The second kappa shape index (κ2) is 4.96. The van der Waals surface area contributed by atoms with Gasteiger partial charge in [0.2, 0.25) is 0 Å². The van der Waals surface area contributed by atoms with Crippen LogP contribution in [0.25, 0.3) is 0 Å². The number of aliphatic imine (C=N–C) groups is 1. The second-order valence-electron chi connectivity index (χ2n) is 3.12. The van der Waals surface area contributed by atoms with Gasteiger partial charge in [-0.25, -0.2) is 4.99 Å². The number of hydrogen-bond acceptors (Lipinski definition) is 2. The van der Waals surface area contributed by atoms with Crippen molar-refractivity contribution in [1.29, 1.82) is 0 Å². The van der Waals surface area contributed by atoms with Gasteiger partial charge in [-0.15, -0.1) is 6.58 Å². The normalized spacial score (nSPS) is 21.8. The van der Waals surface area contributed by atoms with Gasteiger partial charge < -0.3 is 4.74 Å². The molecule has 0 N–H and O–H groups in total. The molecule has 0 saturated carbocycles. The highest BCUT2D eigenvalue weighted by atomic mass is 16.5. The molecule has 1 rings (SSSR count). The van der Waals surface area contributed by atoms with Gasteiger partial charge in [-0.2, -0.15) is 0 Å². The molecular weight excluding hydrogens is 150 g/mol. The van der Waals surface area contributed by atoms with Gasteiger partial charge in [0.1, 0.15) is 6.61 Å². The average molecular weight is 167 g/mol. The summed E-state index contributed by atoms with van der Waals surface area (Å²) in [6.07, 6.45) is 6.27. The minimum Gasteiger partial charge on any atom is -0.478 e. The third-order valence-electron chi connectivity index (χ3n) is 1.98. The lowest BCUT2D eigenvalue weighted by Gasteiger charge is -2.01. The molecule has 0 bridgehead atoms. The Bertz CT molecular complexity index is 175. The zero-order valence-corrected chi connectivity index (χ0v) is 7.75. The molecule has 1 aliphatic heterocycles. The molecule has 0 fully saturated rings. The fraction of sp³-hybridized carbons (Fsp3) is 0.700. The SMILES string of the molecule is C=CCC1=NC(CCCC)CO1. The quantitative estimate of drug-likeness (QED) is 0.577. The molecule has 68 valence electrons. The summed E-state index contributed by atoms with van der Waals surface area (Å²) in [4.78, 5) is 4.44. The number of ether oxygens (including phenoxy) is 1. The molecule has 2 heteroatoms. The summed E-state index contributed by atoms with van der Waals surface area (Å²) in [5, 5.41) is 0. The van der Waals surface area contributed by atoms with Crippen molar-refractivity contribution in [3.63, 3.8) is 0 Å². The zero-order valence-electron chi connectivity index (χ0n) is 7.75. The number of unbranched alkanes of at least 4 members (excludes halogenated alkanes) is 1. The summed E-state index contributed by atoms with van der Waals surface area (Å²) in [5.41, 5.74) is 0. The van der Waals surface area contributed by atoms with E-state index in [0.29, 0.717) is 6.04 Å². The van der Waals surface area contributed by atoms with Crippen LogP contribution < -0.4 is 0 Å². The summed E-state index contributed by atoms with van der Waals surface area (Å²) >= 11 is 0. The summed E-state index contributed by atoms with van der Waals surface area (Å²) in [7, 11) is 0. The van der Waals surface area contributed by atoms with Crippen LogP contribution in [-0.4, -0.2) is 18.5 Å². The van der Waals surface area contributed by atoms with Crippen LogP contribution >= 0.6 is 0 Å². The van der Waals surface area contributed by atoms with Crippen molar-refractivity contribution in [2.75, 3.05) is 6.61 Å². The van der Waals surface area contributed by atoms with Gasteiger partial charge in [0.15, 0.2) is 5.90 Å². The highest BCUT2D eigenvalue weighted by molar-refractivity contribution is 5.78. The fourth-order valence-electron chi connectivity index (χ4n) is 1.29. The van der Waals surface area contributed by atoms with Crippen molar-refractivity contribution in [1.82, 2.24) is 0 Å². The molecule has 0 radical (unpaired) electrons. The van der Waals surface area contributed by atoms with Crippen molar-refractivity contribution in [2.45, 2.75) is 38.6 Å². The minimum atomic E-state index is 0.417. The van der Waals surface area contributed by atoms with Crippen LogP contribution in [-0.2, 0) is 4.74 Å². The van der Waals surface area contributed by atoms with E-state index in [4.69, 9.17) is 4.74 Å². The van der Waals surface area contributed by atoms with Gasteiger partial charge in [0.05, 0.1) is 6.04 Å². The monoisotopic (exact) mass is 167 g/mol. The Hall–Kier alpha value is -0.790. The Morgan fingerprint density at radius 3 is 3.25 bits per heavy atom. The van der Waals surface area contributed by atoms with E-state index < -0.39 is 0 Å². The second-order valence-corrected chi connectivity index (χ2v) is 3.12. The molecule has 0 spiro atoms. The maximum atomic E-state index is 5.38. The summed E-state index contributed by atoms with van der Waals surface area (Å²) < 4.78 is 5.38. The Morgan fingerprint density at radius 1 is 1.75 bits per heavy atom. The van der Waals surface area contributed by atoms with Gasteiger partial charge in [0.25, 0.3) is 0 Å². The molecule has 0 aromatic heterocycles. The van der Waals surface area contributed by atoms with Crippen LogP contribution in [0, 0.1) is 0 Å². The molecule has 12 heavy (non-hydrogen) atoms. The lowest BCUT2D eigenvalue weighted by atomic mass is 10.1. The van der Waals surface area contributed by atoms with E-state index in [1.807, 2.05) is 6.08 Å². The van der Waals surface area contributed by atoms with Crippen LogP contribution in [0.2, 0.25) is 0 Å². The standard InChI is InChI=1S/C10H17NO/c1-3-5-7-9-8-12-10(11-9)6-4-2/h4,9H,2-3,5-8H2,1H3. The van der Waals surface area contributed by atoms with Crippen LogP contribution in [0.5, 0.6) is 0 Å². The molecule has 1 unspecified atom stereocenters. The largest absolute Gasteiger partial charge is 0.478 e. The highest BCUT2D eigenvalue weighted by Gasteiger charge is 2.16. The molecule has 0 saturated heterocycles. The molecule has 0 amide bonds. The molecule has 1 aliphatic rings. The van der Waals surface area contributed by atoms with Crippen molar-refractivity contribution in [2.24, 2.45) is 4.99 Å². The molecule has 0 aliphatic carbocycles. The van der Waals surface area contributed by atoms with Gasteiger partial charge >= 0.3 is 0 Å². The van der Waals surface area contributed by atoms with E-state index in [1.54, 1.807) is 0 Å². The van der Waals surface area contributed by atoms with Gasteiger partial charge in [-0.05, 0) is 6.42 Å². The van der Waals surface area contributed by atoms with E-state index in [2.05, 4.69) is 18.5 Å².